The molecule has 0 fully saturated rings. The summed E-state index contributed by atoms with van der Waals surface area (Å²) in [5.41, 5.74) is 0. The maximum Gasteiger partial charge on any atom is 0.366 e. The Bertz CT molecular complexity index is 274. The largest absolute Gasteiger partial charge is 0.481 e. The first-order valence-electron chi connectivity index (χ1n) is 6.13. The Kier molecular flexibility index (Phi) is 7.54. The molecule has 18 heavy (non-hydrogen) atoms. The van der Waals surface area contributed by atoms with Gasteiger partial charge in [-0.05, 0) is 18.8 Å². The first-order valence-corrected chi connectivity index (χ1v) is 6.13. The number of ether oxygens (including phenoxy) is 1. The Morgan fingerprint density at radius 1 is 1.33 bits per heavy atom. The number of rotatable bonds is 9. The third-order valence-corrected chi connectivity index (χ3v) is 2.78. The molecule has 1 unspecified atom stereocenters. The van der Waals surface area contributed by atoms with Crippen LogP contribution in [0, 0.1) is 5.92 Å². The molecule has 0 saturated heterocycles. The minimum Gasteiger partial charge on any atom is -0.481 e. The lowest BCUT2D eigenvalue weighted by molar-refractivity contribution is -0.212. The van der Waals surface area contributed by atoms with Gasteiger partial charge in [0.1, 0.15) is 0 Å². The third-order valence-electron chi connectivity index (χ3n) is 2.78. The number of esters is 1. The molecule has 0 amide bonds. The van der Waals surface area contributed by atoms with E-state index in [1.807, 2.05) is 13.8 Å². The lowest BCUT2D eigenvalue weighted by Crippen LogP contribution is -2.40. The molecule has 0 aromatic rings. The minimum absolute atomic E-state index is 0.00277. The van der Waals surface area contributed by atoms with Crippen molar-refractivity contribution in [2.24, 2.45) is 5.92 Å². The molecule has 0 aromatic carbocycles. The summed E-state index contributed by atoms with van der Waals surface area (Å²) in [6.07, 6.45) is 1.06. The highest BCUT2D eigenvalue weighted by atomic mass is 16.6. The summed E-state index contributed by atoms with van der Waals surface area (Å²) >= 11 is 0. The molecule has 0 aliphatic carbocycles. The molecular formula is C12H22O6. The fourth-order valence-corrected chi connectivity index (χ4v) is 1.26. The van der Waals surface area contributed by atoms with Gasteiger partial charge in [-0.15, -0.1) is 0 Å². The van der Waals surface area contributed by atoms with Crippen molar-refractivity contribution >= 4 is 11.9 Å². The van der Waals surface area contributed by atoms with Gasteiger partial charge >= 0.3 is 11.9 Å². The van der Waals surface area contributed by atoms with Crippen molar-refractivity contribution in [3.63, 3.8) is 0 Å². The summed E-state index contributed by atoms with van der Waals surface area (Å²) in [6.45, 7) is 4.16. The topological polar surface area (TPSA) is 104 Å². The molecule has 0 aromatic heterocycles. The summed E-state index contributed by atoms with van der Waals surface area (Å²) in [7, 11) is 0. The number of hydrogen-bond acceptors (Lipinski definition) is 5. The van der Waals surface area contributed by atoms with Crippen LogP contribution in [-0.4, -0.2) is 39.7 Å². The van der Waals surface area contributed by atoms with Gasteiger partial charge in [-0.25, -0.2) is 4.79 Å². The molecule has 0 heterocycles. The Morgan fingerprint density at radius 2 is 1.94 bits per heavy atom. The van der Waals surface area contributed by atoms with Crippen molar-refractivity contribution in [3.8, 4) is 0 Å². The highest BCUT2D eigenvalue weighted by Crippen LogP contribution is 2.14. The zero-order valence-electron chi connectivity index (χ0n) is 10.9. The van der Waals surface area contributed by atoms with Crippen LogP contribution in [0.2, 0.25) is 0 Å². The number of aliphatic hydroxyl groups is 2. The van der Waals surface area contributed by atoms with Crippen LogP contribution in [0.15, 0.2) is 0 Å². The van der Waals surface area contributed by atoms with Crippen LogP contribution >= 0.6 is 0 Å². The van der Waals surface area contributed by atoms with Gasteiger partial charge in [0.15, 0.2) is 0 Å². The van der Waals surface area contributed by atoms with Crippen LogP contribution in [0.1, 0.15) is 46.0 Å². The number of carboxylic acids is 1. The van der Waals surface area contributed by atoms with Gasteiger partial charge in [0.05, 0.1) is 6.61 Å². The highest BCUT2D eigenvalue weighted by molar-refractivity contribution is 5.77. The van der Waals surface area contributed by atoms with Gasteiger partial charge in [0.2, 0.25) is 0 Å². The van der Waals surface area contributed by atoms with Gasteiger partial charge in [0.25, 0.3) is 5.79 Å². The predicted molar refractivity (Wildman–Crippen MR) is 63.7 cm³/mol. The lowest BCUT2D eigenvalue weighted by atomic mass is 10.1. The minimum atomic E-state index is -2.59. The number of carbonyl (C=O) groups is 2. The molecule has 0 saturated carbocycles. The van der Waals surface area contributed by atoms with Crippen LogP contribution in [0.5, 0.6) is 0 Å². The van der Waals surface area contributed by atoms with Crippen molar-refractivity contribution in [2.75, 3.05) is 6.61 Å². The SMILES string of the molecule is CCC(C)CCOC(=O)C(O)(O)CCCC(=O)O. The van der Waals surface area contributed by atoms with E-state index in [2.05, 4.69) is 0 Å². The smallest absolute Gasteiger partial charge is 0.366 e. The van der Waals surface area contributed by atoms with Gasteiger partial charge in [-0.3, -0.25) is 4.79 Å². The lowest BCUT2D eigenvalue weighted by Gasteiger charge is -2.19. The Labute approximate surface area is 107 Å². The van der Waals surface area contributed by atoms with Gasteiger partial charge in [-0.1, -0.05) is 20.3 Å². The number of aliphatic carboxylic acids is 1. The van der Waals surface area contributed by atoms with Crippen LogP contribution in [0.4, 0.5) is 0 Å². The van der Waals surface area contributed by atoms with E-state index in [1.165, 1.54) is 0 Å². The first-order chi connectivity index (χ1) is 8.29. The third kappa shape index (κ3) is 7.24. The van der Waals surface area contributed by atoms with Gasteiger partial charge in [0, 0.05) is 12.8 Å². The Morgan fingerprint density at radius 3 is 2.44 bits per heavy atom. The van der Waals surface area contributed by atoms with Crippen LogP contribution < -0.4 is 0 Å². The number of hydrogen-bond donors (Lipinski definition) is 3. The van der Waals surface area contributed by atoms with Crippen molar-refractivity contribution in [3.05, 3.63) is 0 Å². The molecule has 106 valence electrons. The monoisotopic (exact) mass is 262 g/mol. The molecule has 0 spiro atoms. The molecule has 0 aliphatic rings. The molecular weight excluding hydrogens is 240 g/mol. The Balaban J connectivity index is 3.94. The zero-order valence-corrected chi connectivity index (χ0v) is 10.9. The predicted octanol–water partition coefficient (Wildman–Crippen LogP) is 0.902. The summed E-state index contributed by atoms with van der Waals surface area (Å²) in [5.74, 6) is -4.35. The van der Waals surface area contributed by atoms with E-state index in [0.29, 0.717) is 12.3 Å². The highest BCUT2D eigenvalue weighted by Gasteiger charge is 2.34. The van der Waals surface area contributed by atoms with E-state index in [-0.39, 0.29) is 25.9 Å². The Hall–Kier alpha value is -1.14. The fourth-order valence-electron chi connectivity index (χ4n) is 1.26. The molecule has 0 aliphatic heterocycles. The van der Waals surface area contributed by atoms with E-state index in [1.54, 1.807) is 0 Å². The van der Waals surface area contributed by atoms with Crippen LogP contribution in [0.25, 0.3) is 0 Å². The summed E-state index contributed by atoms with van der Waals surface area (Å²) in [5, 5.41) is 27.2. The van der Waals surface area contributed by atoms with E-state index >= 15 is 0 Å². The second-order valence-electron chi connectivity index (χ2n) is 4.50. The zero-order chi connectivity index (χ0) is 14.2. The van der Waals surface area contributed by atoms with Crippen LogP contribution in [-0.2, 0) is 14.3 Å². The van der Waals surface area contributed by atoms with Crippen molar-refractivity contribution < 1.29 is 29.6 Å². The maximum absolute atomic E-state index is 11.3. The van der Waals surface area contributed by atoms with Gasteiger partial charge < -0.3 is 20.1 Å². The summed E-state index contributed by atoms with van der Waals surface area (Å²) < 4.78 is 4.75. The van der Waals surface area contributed by atoms with E-state index in [9.17, 15) is 19.8 Å². The molecule has 1 atom stereocenters. The van der Waals surface area contributed by atoms with E-state index < -0.39 is 17.7 Å². The van der Waals surface area contributed by atoms with Crippen molar-refractivity contribution in [2.45, 2.75) is 51.7 Å². The first kappa shape index (κ1) is 16.9. The summed E-state index contributed by atoms with van der Waals surface area (Å²) in [4.78, 5) is 21.6. The van der Waals surface area contributed by atoms with Crippen molar-refractivity contribution in [1.82, 2.24) is 0 Å². The van der Waals surface area contributed by atoms with Crippen LogP contribution in [0.3, 0.4) is 0 Å². The molecule has 6 nitrogen and oxygen atoms in total. The normalized spacial score (nSPS) is 13.1. The fraction of sp³-hybridized carbons (Fsp3) is 0.833. The molecule has 0 rings (SSSR count). The molecule has 3 N–H and O–H groups in total. The number of carbonyl (C=O) groups excluding carboxylic acids is 1. The summed E-state index contributed by atoms with van der Waals surface area (Å²) in [6, 6.07) is 0. The van der Waals surface area contributed by atoms with E-state index in [0.717, 1.165) is 6.42 Å². The standard InChI is InChI=1S/C12H22O6/c1-3-9(2)6-8-18-11(15)12(16,17)7-4-5-10(13)14/h9,16-17H,3-8H2,1-2H3,(H,13,14). The average Bonchev–Trinajstić information content (AvgIpc) is 2.27. The van der Waals surface area contributed by atoms with Crippen molar-refractivity contribution in [1.29, 1.82) is 0 Å². The average molecular weight is 262 g/mol. The van der Waals surface area contributed by atoms with E-state index in [4.69, 9.17) is 9.84 Å². The number of carboxylic acid groups (broad SMARTS) is 1. The quantitative estimate of drug-likeness (QED) is 0.421. The second kappa shape index (κ2) is 8.05. The molecule has 0 bridgehead atoms. The van der Waals surface area contributed by atoms with Gasteiger partial charge in [-0.2, -0.15) is 0 Å². The molecule has 6 heteroatoms. The molecule has 0 radical (unpaired) electrons. The maximum atomic E-state index is 11.3. The second-order valence-corrected chi connectivity index (χ2v) is 4.50.